The van der Waals surface area contributed by atoms with Gasteiger partial charge in [0.05, 0.1) is 6.61 Å². The lowest BCUT2D eigenvalue weighted by Crippen LogP contribution is -2.14. The zero-order valence-corrected chi connectivity index (χ0v) is 9.64. The van der Waals surface area contributed by atoms with Gasteiger partial charge in [0, 0.05) is 0 Å². The summed E-state index contributed by atoms with van der Waals surface area (Å²) in [6.45, 7) is 1.43. The number of hydrogen-bond acceptors (Lipinski definition) is 4. The Morgan fingerprint density at radius 2 is 2.12 bits per heavy atom. The normalized spacial score (nSPS) is 13.7. The molecule has 1 atom stereocenters. The van der Waals surface area contributed by atoms with Crippen LogP contribution in [0.25, 0.3) is 0 Å². The molecule has 0 aliphatic heterocycles. The molecule has 0 amide bonds. The first-order valence-corrected chi connectivity index (χ1v) is 6.18. The fourth-order valence-corrected chi connectivity index (χ4v) is 1.82. The summed E-state index contributed by atoms with van der Waals surface area (Å²) in [7, 11) is -4.56. The number of benzene rings is 1. The zero-order valence-electron chi connectivity index (χ0n) is 8.83. The fourth-order valence-electron chi connectivity index (χ4n) is 1.35. The van der Waals surface area contributed by atoms with Gasteiger partial charge < -0.3 is 5.11 Å². The third-order valence-corrected chi connectivity index (χ3v) is 2.61. The predicted molar refractivity (Wildman–Crippen MR) is 58.3 cm³/mol. The van der Waals surface area contributed by atoms with Gasteiger partial charge in [-0.3, -0.25) is 4.55 Å². The molecule has 6 heteroatoms. The van der Waals surface area contributed by atoms with E-state index in [0.29, 0.717) is 5.56 Å². The highest BCUT2D eigenvalue weighted by atomic mass is 32.3. The first kappa shape index (κ1) is 13.1. The van der Waals surface area contributed by atoms with E-state index in [9.17, 15) is 8.42 Å². The second kappa shape index (κ2) is 5.40. The Hall–Kier alpha value is -0.950. The number of aryl methyl sites for hydroxylation is 1. The molecule has 0 bridgehead atoms. The van der Waals surface area contributed by atoms with E-state index < -0.39 is 23.1 Å². The van der Waals surface area contributed by atoms with Crippen molar-refractivity contribution in [3.8, 4) is 0 Å². The molecule has 0 heterocycles. The molecule has 5 nitrogen and oxygen atoms in total. The van der Waals surface area contributed by atoms with Gasteiger partial charge in [-0.25, -0.2) is 4.18 Å². The molecule has 0 unspecified atom stereocenters. The Kier molecular flexibility index (Phi) is 4.43. The second-order valence-corrected chi connectivity index (χ2v) is 4.34. The van der Waals surface area contributed by atoms with E-state index in [1.165, 1.54) is 0 Å². The summed E-state index contributed by atoms with van der Waals surface area (Å²) in [5.74, 6) is 0. The Morgan fingerprint density at radius 1 is 1.44 bits per heavy atom. The maximum absolute atomic E-state index is 10.6. The van der Waals surface area contributed by atoms with Crippen LogP contribution in [0.4, 0.5) is 0 Å². The van der Waals surface area contributed by atoms with E-state index in [4.69, 9.17) is 9.66 Å². The van der Waals surface area contributed by atoms with Crippen LogP contribution in [0.1, 0.15) is 24.2 Å². The minimum Gasteiger partial charge on any atom is -0.393 e. The van der Waals surface area contributed by atoms with Crippen LogP contribution in [0, 0.1) is 0 Å². The van der Waals surface area contributed by atoms with Gasteiger partial charge in [0.1, 0.15) is 6.10 Å². The standard InChI is InChI=1S/C10H14O5S/c1-2-8-4-3-5-9(6-8)10(7-11)15-16(12,13)14/h3-6,10-11H,2,7H2,1H3,(H,12,13,14)/t10-/m0/s1. The highest BCUT2D eigenvalue weighted by Gasteiger charge is 2.18. The molecule has 0 aliphatic rings. The highest BCUT2D eigenvalue weighted by Crippen LogP contribution is 2.20. The first-order valence-electron chi connectivity index (χ1n) is 4.81. The molecule has 0 fully saturated rings. The quantitative estimate of drug-likeness (QED) is 0.760. The number of rotatable bonds is 5. The minimum atomic E-state index is -4.56. The molecule has 2 N–H and O–H groups in total. The molecule has 0 spiro atoms. The topological polar surface area (TPSA) is 83.8 Å². The van der Waals surface area contributed by atoms with Crippen molar-refractivity contribution in [2.45, 2.75) is 19.4 Å². The Balaban J connectivity index is 2.94. The second-order valence-electron chi connectivity index (χ2n) is 3.29. The minimum absolute atomic E-state index is 0.513. The van der Waals surface area contributed by atoms with Gasteiger partial charge >= 0.3 is 10.4 Å². The van der Waals surface area contributed by atoms with Crippen LogP contribution in [-0.4, -0.2) is 24.7 Å². The lowest BCUT2D eigenvalue weighted by Gasteiger charge is -2.13. The predicted octanol–water partition coefficient (Wildman–Crippen LogP) is 1.10. The lowest BCUT2D eigenvalue weighted by atomic mass is 10.1. The van der Waals surface area contributed by atoms with Gasteiger partial charge in [-0.05, 0) is 17.5 Å². The van der Waals surface area contributed by atoms with Crippen molar-refractivity contribution in [1.29, 1.82) is 0 Å². The summed E-state index contributed by atoms with van der Waals surface area (Å²) in [6.07, 6.45) is -0.279. The highest BCUT2D eigenvalue weighted by molar-refractivity contribution is 7.80. The largest absolute Gasteiger partial charge is 0.398 e. The summed E-state index contributed by atoms with van der Waals surface area (Å²) >= 11 is 0. The lowest BCUT2D eigenvalue weighted by molar-refractivity contribution is 0.108. The summed E-state index contributed by atoms with van der Waals surface area (Å²) in [5, 5.41) is 9.01. The zero-order chi connectivity index (χ0) is 12.2. The summed E-state index contributed by atoms with van der Waals surface area (Å²) in [6, 6.07) is 6.98. The number of hydrogen-bond donors (Lipinski definition) is 2. The Morgan fingerprint density at radius 3 is 2.62 bits per heavy atom. The summed E-state index contributed by atoms with van der Waals surface area (Å²) in [5.41, 5.74) is 1.51. The SMILES string of the molecule is CCc1cccc([C@H](CO)OS(=O)(=O)O)c1. The van der Waals surface area contributed by atoms with Crippen LogP contribution >= 0.6 is 0 Å². The van der Waals surface area contributed by atoms with E-state index in [-0.39, 0.29) is 0 Å². The average Bonchev–Trinajstić information content (AvgIpc) is 2.25. The van der Waals surface area contributed by atoms with E-state index in [1.807, 2.05) is 13.0 Å². The third kappa shape index (κ3) is 3.90. The van der Waals surface area contributed by atoms with Crippen molar-refractivity contribution in [1.82, 2.24) is 0 Å². The van der Waals surface area contributed by atoms with Crippen LogP contribution in [-0.2, 0) is 21.0 Å². The molecule has 90 valence electrons. The van der Waals surface area contributed by atoms with Gasteiger partial charge in [0.15, 0.2) is 0 Å². The molecule has 1 aromatic carbocycles. The maximum Gasteiger partial charge on any atom is 0.398 e. The van der Waals surface area contributed by atoms with Crippen molar-refractivity contribution in [2.75, 3.05) is 6.61 Å². The molecule has 1 aromatic rings. The molecular weight excluding hydrogens is 232 g/mol. The van der Waals surface area contributed by atoms with Gasteiger partial charge in [-0.1, -0.05) is 31.2 Å². The van der Waals surface area contributed by atoms with Crippen molar-refractivity contribution in [2.24, 2.45) is 0 Å². The van der Waals surface area contributed by atoms with E-state index >= 15 is 0 Å². The molecule has 0 aliphatic carbocycles. The monoisotopic (exact) mass is 246 g/mol. The van der Waals surface area contributed by atoms with Crippen LogP contribution in [0.15, 0.2) is 24.3 Å². The molecule has 0 saturated heterocycles. The van der Waals surface area contributed by atoms with Gasteiger partial charge in [-0.15, -0.1) is 0 Å². The number of aliphatic hydroxyl groups is 1. The van der Waals surface area contributed by atoms with Crippen LogP contribution in [0.2, 0.25) is 0 Å². The Labute approximate surface area is 94.6 Å². The van der Waals surface area contributed by atoms with E-state index in [0.717, 1.165) is 12.0 Å². The van der Waals surface area contributed by atoms with Crippen molar-refractivity contribution in [3.05, 3.63) is 35.4 Å². The summed E-state index contributed by atoms with van der Waals surface area (Å²) < 4.78 is 34.0. The molecule has 1 rings (SSSR count). The van der Waals surface area contributed by atoms with E-state index in [2.05, 4.69) is 4.18 Å². The molecule has 16 heavy (non-hydrogen) atoms. The van der Waals surface area contributed by atoms with Gasteiger partial charge in [0.25, 0.3) is 0 Å². The molecule has 0 aromatic heterocycles. The van der Waals surface area contributed by atoms with Crippen LogP contribution in [0.3, 0.4) is 0 Å². The maximum atomic E-state index is 10.6. The van der Waals surface area contributed by atoms with Crippen molar-refractivity contribution in [3.63, 3.8) is 0 Å². The molecular formula is C10H14O5S. The van der Waals surface area contributed by atoms with Gasteiger partial charge in [0.2, 0.25) is 0 Å². The van der Waals surface area contributed by atoms with Crippen LogP contribution < -0.4 is 0 Å². The molecule has 0 saturated carbocycles. The smallest absolute Gasteiger partial charge is 0.393 e. The summed E-state index contributed by atoms with van der Waals surface area (Å²) in [4.78, 5) is 0. The first-order chi connectivity index (χ1) is 7.46. The van der Waals surface area contributed by atoms with Gasteiger partial charge in [-0.2, -0.15) is 8.42 Å². The van der Waals surface area contributed by atoms with E-state index in [1.54, 1.807) is 18.2 Å². The fraction of sp³-hybridized carbons (Fsp3) is 0.400. The van der Waals surface area contributed by atoms with Crippen LogP contribution in [0.5, 0.6) is 0 Å². The Bertz CT molecular complexity index is 440. The molecule has 0 radical (unpaired) electrons. The third-order valence-electron chi connectivity index (χ3n) is 2.13. The van der Waals surface area contributed by atoms with Crippen molar-refractivity contribution < 1.29 is 22.3 Å². The average molecular weight is 246 g/mol. The number of aliphatic hydroxyl groups excluding tert-OH is 1. The van der Waals surface area contributed by atoms with Crippen molar-refractivity contribution >= 4 is 10.4 Å².